The van der Waals surface area contributed by atoms with E-state index in [4.69, 9.17) is 0 Å². The van der Waals surface area contributed by atoms with Crippen molar-refractivity contribution in [3.63, 3.8) is 0 Å². The Balaban J connectivity index is 2.24. The second-order valence-electron chi connectivity index (χ2n) is 3.74. The minimum Gasteiger partial charge on any atom is -0.338 e. The summed E-state index contributed by atoms with van der Waals surface area (Å²) >= 11 is 6.99. The van der Waals surface area contributed by atoms with Crippen molar-refractivity contribution in [1.29, 1.82) is 0 Å². The van der Waals surface area contributed by atoms with Gasteiger partial charge in [0.2, 0.25) is 0 Å². The van der Waals surface area contributed by atoms with Crippen LogP contribution in [-0.2, 0) is 0 Å². The number of imidazole rings is 1. The third-order valence-electron chi connectivity index (χ3n) is 2.55. The van der Waals surface area contributed by atoms with E-state index in [2.05, 4.69) is 41.8 Å². The number of halogens is 2. The van der Waals surface area contributed by atoms with E-state index in [0.29, 0.717) is 0 Å². The molecule has 3 rings (SSSR count). The summed E-state index contributed by atoms with van der Waals surface area (Å²) in [6, 6.07) is 14.1. The van der Waals surface area contributed by atoms with Crippen molar-refractivity contribution >= 4 is 42.9 Å². The fourth-order valence-electron chi connectivity index (χ4n) is 1.77. The second kappa shape index (κ2) is 4.27. The van der Waals surface area contributed by atoms with Crippen LogP contribution in [0.15, 0.2) is 51.4 Å². The molecule has 3 aromatic rings. The first-order valence-electron chi connectivity index (χ1n) is 5.14. The van der Waals surface area contributed by atoms with Gasteiger partial charge in [-0.3, -0.25) is 0 Å². The van der Waals surface area contributed by atoms with Crippen molar-refractivity contribution in [2.75, 3.05) is 0 Å². The van der Waals surface area contributed by atoms with Crippen LogP contribution < -0.4 is 0 Å². The van der Waals surface area contributed by atoms with Crippen LogP contribution in [0.2, 0.25) is 0 Å². The molecule has 0 bridgehead atoms. The zero-order valence-corrected chi connectivity index (χ0v) is 11.9. The first-order valence-corrected chi connectivity index (χ1v) is 6.73. The molecule has 2 nitrogen and oxygen atoms in total. The van der Waals surface area contributed by atoms with Gasteiger partial charge < -0.3 is 4.98 Å². The Morgan fingerprint density at radius 1 is 1.00 bits per heavy atom. The lowest BCUT2D eigenvalue weighted by molar-refractivity contribution is 1.33. The van der Waals surface area contributed by atoms with Crippen molar-refractivity contribution in [2.45, 2.75) is 0 Å². The fourth-order valence-corrected chi connectivity index (χ4v) is 3.09. The lowest BCUT2D eigenvalue weighted by Crippen LogP contribution is -1.77. The van der Waals surface area contributed by atoms with Crippen molar-refractivity contribution in [2.24, 2.45) is 0 Å². The number of nitrogens with one attached hydrogen (secondary N) is 1. The number of hydrogen-bond acceptors (Lipinski definition) is 1. The molecule has 0 saturated heterocycles. The highest BCUT2D eigenvalue weighted by Gasteiger charge is 2.08. The van der Waals surface area contributed by atoms with Crippen LogP contribution in [0.25, 0.3) is 22.4 Å². The van der Waals surface area contributed by atoms with Gasteiger partial charge in [0, 0.05) is 14.5 Å². The van der Waals surface area contributed by atoms with Gasteiger partial charge in [0.25, 0.3) is 0 Å². The van der Waals surface area contributed by atoms with Gasteiger partial charge in [-0.05, 0) is 28.1 Å². The summed E-state index contributed by atoms with van der Waals surface area (Å²) in [4.78, 5) is 7.92. The van der Waals surface area contributed by atoms with Gasteiger partial charge in [0.15, 0.2) is 0 Å². The van der Waals surface area contributed by atoms with Crippen LogP contribution in [-0.4, -0.2) is 9.97 Å². The Kier molecular flexibility index (Phi) is 2.76. The van der Waals surface area contributed by atoms with Crippen LogP contribution in [0, 0.1) is 0 Å². The summed E-state index contributed by atoms with van der Waals surface area (Å²) in [5.74, 6) is 0.888. The topological polar surface area (TPSA) is 28.7 Å². The summed E-state index contributed by atoms with van der Waals surface area (Å²) in [5.41, 5.74) is 3.06. The number of benzene rings is 2. The minimum absolute atomic E-state index is 0.888. The highest BCUT2D eigenvalue weighted by atomic mass is 79.9. The molecule has 0 radical (unpaired) electrons. The Morgan fingerprint density at radius 2 is 1.76 bits per heavy atom. The first-order chi connectivity index (χ1) is 8.24. The van der Waals surface area contributed by atoms with Crippen molar-refractivity contribution in [3.8, 4) is 11.4 Å². The van der Waals surface area contributed by atoms with E-state index in [1.54, 1.807) is 0 Å². The highest BCUT2D eigenvalue weighted by molar-refractivity contribution is 9.11. The number of aromatic amines is 1. The largest absolute Gasteiger partial charge is 0.338 e. The van der Waals surface area contributed by atoms with Crippen LogP contribution in [0.4, 0.5) is 0 Å². The van der Waals surface area contributed by atoms with E-state index in [0.717, 1.165) is 31.4 Å². The average Bonchev–Trinajstić information content (AvgIpc) is 2.74. The lowest BCUT2D eigenvalue weighted by Gasteiger charge is -1.93. The molecular formula is C13H8Br2N2. The standard InChI is InChI=1S/C13H8Br2N2/c14-9-6-10(15)12-11(7-9)16-13(17-12)8-4-2-1-3-5-8/h1-7H,(H,16,17). The number of nitrogens with zero attached hydrogens (tertiary/aromatic N) is 1. The molecule has 0 aliphatic rings. The van der Waals surface area contributed by atoms with E-state index in [1.807, 2.05) is 42.5 Å². The molecule has 0 aliphatic carbocycles. The Bertz CT molecular complexity index is 674. The first kappa shape index (κ1) is 11.0. The predicted molar refractivity (Wildman–Crippen MR) is 76.9 cm³/mol. The quantitative estimate of drug-likeness (QED) is 0.673. The summed E-state index contributed by atoms with van der Waals surface area (Å²) in [6.45, 7) is 0. The van der Waals surface area contributed by atoms with E-state index in [1.165, 1.54) is 0 Å². The molecule has 1 aromatic heterocycles. The molecule has 0 fully saturated rings. The van der Waals surface area contributed by atoms with Crippen LogP contribution >= 0.6 is 31.9 Å². The van der Waals surface area contributed by atoms with Gasteiger partial charge in [-0.25, -0.2) is 4.98 Å². The summed E-state index contributed by atoms with van der Waals surface area (Å²) in [5, 5.41) is 0. The second-order valence-corrected chi connectivity index (χ2v) is 5.51. The van der Waals surface area contributed by atoms with Gasteiger partial charge in [-0.2, -0.15) is 0 Å². The minimum atomic E-state index is 0.888. The Labute approximate surface area is 115 Å². The van der Waals surface area contributed by atoms with E-state index in [-0.39, 0.29) is 0 Å². The SMILES string of the molecule is Brc1cc(Br)c2nc(-c3ccccc3)[nH]c2c1. The predicted octanol–water partition coefficient (Wildman–Crippen LogP) is 4.75. The molecule has 1 N–H and O–H groups in total. The van der Waals surface area contributed by atoms with Gasteiger partial charge in [-0.1, -0.05) is 46.3 Å². The van der Waals surface area contributed by atoms with Gasteiger partial charge >= 0.3 is 0 Å². The fraction of sp³-hybridized carbons (Fsp3) is 0. The normalized spacial score (nSPS) is 10.9. The van der Waals surface area contributed by atoms with Gasteiger partial charge in [-0.15, -0.1) is 0 Å². The molecule has 4 heteroatoms. The van der Waals surface area contributed by atoms with Crippen LogP contribution in [0.5, 0.6) is 0 Å². The summed E-state index contributed by atoms with van der Waals surface area (Å²) in [7, 11) is 0. The number of rotatable bonds is 1. The highest BCUT2D eigenvalue weighted by Crippen LogP contribution is 2.29. The average molecular weight is 352 g/mol. The van der Waals surface area contributed by atoms with Gasteiger partial charge in [0.05, 0.1) is 5.52 Å². The molecule has 0 amide bonds. The molecule has 1 heterocycles. The molecule has 0 atom stereocenters. The van der Waals surface area contributed by atoms with Crippen molar-refractivity contribution in [1.82, 2.24) is 9.97 Å². The molecule has 84 valence electrons. The number of aromatic nitrogens is 2. The molecule has 0 saturated carbocycles. The maximum Gasteiger partial charge on any atom is 0.138 e. The van der Waals surface area contributed by atoms with E-state index < -0.39 is 0 Å². The molecule has 2 aromatic carbocycles. The maximum absolute atomic E-state index is 4.60. The molecule has 17 heavy (non-hydrogen) atoms. The smallest absolute Gasteiger partial charge is 0.138 e. The third-order valence-corrected chi connectivity index (χ3v) is 3.61. The zero-order valence-electron chi connectivity index (χ0n) is 8.74. The van der Waals surface area contributed by atoms with Crippen LogP contribution in [0.1, 0.15) is 0 Å². The number of hydrogen-bond donors (Lipinski definition) is 1. The Hall–Kier alpha value is -1.13. The number of H-pyrrole nitrogens is 1. The molecule has 0 unspecified atom stereocenters. The lowest BCUT2D eigenvalue weighted by atomic mass is 10.2. The van der Waals surface area contributed by atoms with Gasteiger partial charge in [0.1, 0.15) is 11.3 Å². The maximum atomic E-state index is 4.60. The Morgan fingerprint density at radius 3 is 2.53 bits per heavy atom. The van der Waals surface area contributed by atoms with Crippen molar-refractivity contribution < 1.29 is 0 Å². The molecular weight excluding hydrogens is 344 g/mol. The van der Waals surface area contributed by atoms with E-state index >= 15 is 0 Å². The summed E-state index contributed by atoms with van der Waals surface area (Å²) < 4.78 is 2.01. The molecule has 0 spiro atoms. The van der Waals surface area contributed by atoms with E-state index in [9.17, 15) is 0 Å². The number of fused-ring (bicyclic) bond motifs is 1. The summed E-state index contributed by atoms with van der Waals surface area (Å²) in [6.07, 6.45) is 0. The van der Waals surface area contributed by atoms with Crippen molar-refractivity contribution in [3.05, 3.63) is 51.4 Å². The van der Waals surface area contributed by atoms with Crippen LogP contribution in [0.3, 0.4) is 0 Å². The molecule has 0 aliphatic heterocycles. The third kappa shape index (κ3) is 2.03. The monoisotopic (exact) mass is 350 g/mol. The zero-order chi connectivity index (χ0) is 11.8.